The van der Waals surface area contributed by atoms with E-state index in [2.05, 4.69) is 10.5 Å². The third kappa shape index (κ3) is 2.82. The summed E-state index contributed by atoms with van der Waals surface area (Å²) < 4.78 is 5.09. The Hall–Kier alpha value is -2.57. The number of hydrogen-bond acceptors (Lipinski definition) is 5. The Kier molecular flexibility index (Phi) is 3.65. The van der Waals surface area contributed by atoms with E-state index >= 15 is 0 Å². The van der Waals surface area contributed by atoms with Gasteiger partial charge in [0.15, 0.2) is 5.71 Å². The van der Waals surface area contributed by atoms with E-state index in [0.717, 1.165) is 0 Å². The molecule has 0 radical (unpaired) electrons. The monoisotopic (exact) mass is 264 g/mol. The van der Waals surface area contributed by atoms with Crippen molar-refractivity contribution < 1.29 is 24.3 Å². The molecule has 0 fully saturated rings. The molecular weight excluding hydrogens is 252 g/mol. The molecule has 1 unspecified atom stereocenters. The van der Waals surface area contributed by atoms with Crippen molar-refractivity contribution >= 4 is 23.3 Å². The van der Waals surface area contributed by atoms with Gasteiger partial charge in [-0.05, 0) is 12.1 Å². The molecule has 0 saturated heterocycles. The summed E-state index contributed by atoms with van der Waals surface area (Å²) >= 11 is 0. The van der Waals surface area contributed by atoms with Crippen molar-refractivity contribution in [2.75, 3.05) is 12.4 Å². The number of nitrogens with zero attached hydrogens (tertiary/aromatic N) is 1. The van der Waals surface area contributed by atoms with Crippen LogP contribution in [-0.2, 0) is 14.4 Å². The molecule has 1 aromatic carbocycles. The Bertz CT molecular complexity index is 541. The fourth-order valence-corrected chi connectivity index (χ4v) is 1.61. The molecule has 1 aromatic rings. The highest BCUT2D eigenvalue weighted by Gasteiger charge is 2.31. The predicted octanol–water partition coefficient (Wildman–Crippen LogP) is 0.863. The van der Waals surface area contributed by atoms with Crippen molar-refractivity contribution in [3.63, 3.8) is 0 Å². The number of carbonyl (C=O) groups excluding carboxylic acids is 1. The zero-order chi connectivity index (χ0) is 13.8. The van der Waals surface area contributed by atoms with E-state index in [9.17, 15) is 9.59 Å². The van der Waals surface area contributed by atoms with Crippen molar-refractivity contribution in [3.8, 4) is 5.75 Å². The lowest BCUT2D eigenvalue weighted by Crippen LogP contribution is -2.29. The van der Waals surface area contributed by atoms with Gasteiger partial charge < -0.3 is 20.0 Å². The second kappa shape index (κ2) is 5.38. The van der Waals surface area contributed by atoms with E-state index in [-0.39, 0.29) is 12.1 Å². The standard InChI is InChI=1S/C12H12N2O5/c1-18-9-5-3-2-4-7(9)13-11(15)10-6-8(12(16)17)14-19-10/h2-5,10H,6H2,1H3,(H,13,15)(H,16,17). The molecule has 2 N–H and O–H groups in total. The van der Waals surface area contributed by atoms with Gasteiger partial charge in [0.1, 0.15) is 5.75 Å². The molecule has 1 aliphatic rings. The third-order valence-corrected chi connectivity index (χ3v) is 2.57. The van der Waals surface area contributed by atoms with Crippen LogP contribution in [0.25, 0.3) is 0 Å². The van der Waals surface area contributed by atoms with Gasteiger partial charge in [0.2, 0.25) is 6.10 Å². The highest BCUT2D eigenvalue weighted by Crippen LogP contribution is 2.24. The predicted molar refractivity (Wildman–Crippen MR) is 66.2 cm³/mol. The molecule has 2 rings (SSSR count). The number of aliphatic carboxylic acids is 1. The molecule has 0 aliphatic carbocycles. The third-order valence-electron chi connectivity index (χ3n) is 2.57. The van der Waals surface area contributed by atoms with Crippen molar-refractivity contribution in [2.24, 2.45) is 5.16 Å². The van der Waals surface area contributed by atoms with Crippen LogP contribution >= 0.6 is 0 Å². The molecule has 7 heteroatoms. The number of benzene rings is 1. The molecule has 0 spiro atoms. The summed E-state index contributed by atoms with van der Waals surface area (Å²) in [6.45, 7) is 0. The van der Waals surface area contributed by atoms with Gasteiger partial charge in [-0.1, -0.05) is 17.3 Å². The molecule has 1 aliphatic heterocycles. The summed E-state index contributed by atoms with van der Waals surface area (Å²) in [5, 5.41) is 14.7. The quantitative estimate of drug-likeness (QED) is 0.840. The summed E-state index contributed by atoms with van der Waals surface area (Å²) in [4.78, 5) is 27.3. The van der Waals surface area contributed by atoms with Gasteiger partial charge in [0.25, 0.3) is 5.91 Å². The van der Waals surface area contributed by atoms with Gasteiger partial charge in [-0.3, -0.25) is 4.79 Å². The summed E-state index contributed by atoms with van der Waals surface area (Å²) in [5.74, 6) is -1.15. The number of carbonyl (C=O) groups is 2. The number of anilines is 1. The zero-order valence-electron chi connectivity index (χ0n) is 10.1. The van der Waals surface area contributed by atoms with Gasteiger partial charge in [-0.15, -0.1) is 0 Å². The minimum absolute atomic E-state index is 0.0592. The van der Waals surface area contributed by atoms with Crippen molar-refractivity contribution in [3.05, 3.63) is 24.3 Å². The summed E-state index contributed by atoms with van der Waals surface area (Å²) in [6, 6.07) is 6.88. The molecule has 100 valence electrons. The normalized spacial score (nSPS) is 17.3. The second-order valence-electron chi connectivity index (χ2n) is 3.83. The first-order valence-corrected chi connectivity index (χ1v) is 5.51. The number of nitrogens with one attached hydrogen (secondary N) is 1. The average molecular weight is 264 g/mol. The Morgan fingerprint density at radius 3 is 2.84 bits per heavy atom. The minimum atomic E-state index is -1.19. The van der Waals surface area contributed by atoms with Crippen LogP contribution in [0.2, 0.25) is 0 Å². The van der Waals surface area contributed by atoms with Gasteiger partial charge in [-0.25, -0.2) is 4.79 Å². The maximum atomic E-state index is 11.9. The van der Waals surface area contributed by atoms with Gasteiger partial charge >= 0.3 is 5.97 Å². The number of methoxy groups -OCH3 is 1. The van der Waals surface area contributed by atoms with Gasteiger partial charge in [0, 0.05) is 6.42 Å². The molecule has 0 aromatic heterocycles. The van der Waals surface area contributed by atoms with Crippen LogP contribution in [0.3, 0.4) is 0 Å². The van der Waals surface area contributed by atoms with Crippen LogP contribution in [0.5, 0.6) is 5.75 Å². The van der Waals surface area contributed by atoms with Crippen LogP contribution in [0.4, 0.5) is 5.69 Å². The average Bonchev–Trinajstić information content (AvgIpc) is 2.89. The Balaban J connectivity index is 2.01. The lowest BCUT2D eigenvalue weighted by Gasteiger charge is -2.12. The number of amides is 1. The Morgan fingerprint density at radius 2 is 2.21 bits per heavy atom. The van der Waals surface area contributed by atoms with E-state index in [0.29, 0.717) is 11.4 Å². The molecule has 1 heterocycles. The van der Waals surface area contributed by atoms with Crippen LogP contribution in [0, 0.1) is 0 Å². The smallest absolute Gasteiger partial charge is 0.353 e. The van der Waals surface area contributed by atoms with Gasteiger partial charge in [-0.2, -0.15) is 0 Å². The number of para-hydroxylation sites is 2. The van der Waals surface area contributed by atoms with E-state index < -0.39 is 18.0 Å². The number of hydrogen-bond donors (Lipinski definition) is 2. The highest BCUT2D eigenvalue weighted by atomic mass is 16.6. The largest absolute Gasteiger partial charge is 0.495 e. The van der Waals surface area contributed by atoms with Gasteiger partial charge in [0.05, 0.1) is 12.8 Å². The lowest BCUT2D eigenvalue weighted by molar-refractivity contribution is -0.129. The number of ether oxygens (including phenoxy) is 1. The second-order valence-corrected chi connectivity index (χ2v) is 3.83. The van der Waals surface area contributed by atoms with Crippen LogP contribution < -0.4 is 10.1 Å². The SMILES string of the molecule is COc1ccccc1NC(=O)C1CC(C(=O)O)=NO1. The molecule has 19 heavy (non-hydrogen) atoms. The first-order valence-electron chi connectivity index (χ1n) is 5.51. The molecule has 0 saturated carbocycles. The number of carboxylic acid groups (broad SMARTS) is 1. The number of oxime groups is 1. The number of carboxylic acids is 1. The highest BCUT2D eigenvalue weighted by molar-refractivity contribution is 6.36. The van der Waals surface area contributed by atoms with E-state index in [1.165, 1.54) is 7.11 Å². The van der Waals surface area contributed by atoms with Crippen molar-refractivity contribution in [2.45, 2.75) is 12.5 Å². The number of rotatable bonds is 4. The molecule has 0 bridgehead atoms. The van der Waals surface area contributed by atoms with Crippen molar-refractivity contribution in [1.82, 2.24) is 0 Å². The zero-order valence-corrected chi connectivity index (χ0v) is 10.1. The summed E-state index contributed by atoms with van der Waals surface area (Å²) in [6.07, 6.45) is -0.993. The fraction of sp³-hybridized carbons (Fsp3) is 0.250. The van der Waals surface area contributed by atoms with E-state index in [1.807, 2.05) is 0 Å². The maximum absolute atomic E-state index is 11.9. The van der Waals surface area contributed by atoms with E-state index in [4.69, 9.17) is 14.7 Å². The Labute approximate surface area is 108 Å². The minimum Gasteiger partial charge on any atom is -0.495 e. The Morgan fingerprint density at radius 1 is 1.47 bits per heavy atom. The first kappa shape index (κ1) is 12.9. The summed E-state index contributed by atoms with van der Waals surface area (Å²) in [5.41, 5.74) is 0.322. The topological polar surface area (TPSA) is 97.2 Å². The van der Waals surface area contributed by atoms with Crippen LogP contribution in [0.1, 0.15) is 6.42 Å². The first-order chi connectivity index (χ1) is 9.11. The van der Waals surface area contributed by atoms with Crippen molar-refractivity contribution in [1.29, 1.82) is 0 Å². The summed E-state index contributed by atoms with van der Waals surface area (Å²) in [7, 11) is 1.49. The fourth-order valence-electron chi connectivity index (χ4n) is 1.61. The maximum Gasteiger partial charge on any atom is 0.353 e. The molecule has 1 atom stereocenters. The van der Waals surface area contributed by atoms with Crippen LogP contribution in [0.15, 0.2) is 29.4 Å². The molecule has 7 nitrogen and oxygen atoms in total. The lowest BCUT2D eigenvalue weighted by atomic mass is 10.1. The van der Waals surface area contributed by atoms with Crippen LogP contribution in [-0.4, -0.2) is 35.9 Å². The molecular formula is C12H12N2O5. The van der Waals surface area contributed by atoms with E-state index in [1.54, 1.807) is 24.3 Å². The molecule has 1 amide bonds.